The lowest BCUT2D eigenvalue weighted by Crippen LogP contribution is -2.42. The van der Waals surface area contributed by atoms with Crippen LogP contribution in [0, 0.1) is 6.92 Å². The summed E-state index contributed by atoms with van der Waals surface area (Å²) in [6.45, 7) is 6.72. The molecule has 3 heterocycles. The van der Waals surface area contributed by atoms with E-state index in [0.29, 0.717) is 23.4 Å². The van der Waals surface area contributed by atoms with Crippen LogP contribution in [-0.2, 0) is 11.3 Å². The minimum Gasteiger partial charge on any atom is -0.378 e. The molecule has 2 aliphatic heterocycles. The van der Waals surface area contributed by atoms with Crippen LogP contribution in [-0.4, -0.2) is 59.4 Å². The predicted octanol–water partition coefficient (Wildman–Crippen LogP) is 2.77. The maximum atomic E-state index is 13.3. The summed E-state index contributed by atoms with van der Waals surface area (Å²) < 4.78 is 5.26. The van der Waals surface area contributed by atoms with E-state index in [-0.39, 0.29) is 24.5 Å². The molecule has 1 unspecified atom stereocenters. The number of hydrogen-bond donors (Lipinski definition) is 0. The van der Waals surface area contributed by atoms with E-state index in [0.717, 1.165) is 42.4 Å². The lowest BCUT2D eigenvalue weighted by Gasteiger charge is -2.26. The fourth-order valence-electron chi connectivity index (χ4n) is 4.38. The second kappa shape index (κ2) is 7.02. The molecule has 1 aromatic heterocycles. The zero-order chi connectivity index (χ0) is 19.1. The number of rotatable bonds is 5. The number of hydrogen-bond acceptors (Lipinski definition) is 5. The average molecular weight is 367 g/mol. The number of imide groups is 1. The molecule has 0 radical (unpaired) electrons. The van der Waals surface area contributed by atoms with Gasteiger partial charge in [-0.15, -0.1) is 0 Å². The molecule has 27 heavy (non-hydrogen) atoms. The highest BCUT2D eigenvalue weighted by Crippen LogP contribution is 2.33. The molecule has 142 valence electrons. The molecule has 6 nitrogen and oxygen atoms in total. The summed E-state index contributed by atoms with van der Waals surface area (Å²) in [6, 6.07) is 6.05. The number of pyridine rings is 1. The lowest BCUT2D eigenvalue weighted by molar-refractivity contribution is 0.0610. The maximum absolute atomic E-state index is 13.3. The molecule has 2 aliphatic rings. The monoisotopic (exact) mass is 367 g/mol. The van der Waals surface area contributed by atoms with E-state index in [1.54, 1.807) is 7.11 Å². The SMILES string of the molecule is CCN1CCCC1CN1C(=O)c2c(COC)nc3ccc(C)cc3c2C1=O. The zero-order valence-electron chi connectivity index (χ0n) is 16.1. The van der Waals surface area contributed by atoms with Crippen molar-refractivity contribution in [2.24, 2.45) is 0 Å². The van der Waals surface area contributed by atoms with Crippen LogP contribution in [0.2, 0.25) is 0 Å². The molecule has 1 atom stereocenters. The first-order chi connectivity index (χ1) is 13.0. The van der Waals surface area contributed by atoms with Crippen LogP contribution in [0.15, 0.2) is 18.2 Å². The molecule has 1 aromatic carbocycles. The van der Waals surface area contributed by atoms with E-state index in [4.69, 9.17) is 4.74 Å². The lowest BCUT2D eigenvalue weighted by atomic mass is 10.0. The van der Waals surface area contributed by atoms with Crippen LogP contribution >= 0.6 is 0 Å². The van der Waals surface area contributed by atoms with E-state index in [2.05, 4.69) is 16.8 Å². The van der Waals surface area contributed by atoms with E-state index in [1.165, 1.54) is 4.90 Å². The summed E-state index contributed by atoms with van der Waals surface area (Å²) in [4.78, 5) is 34.9. The fraction of sp³-hybridized carbons (Fsp3) is 0.476. The molecule has 1 saturated heterocycles. The molecule has 4 rings (SSSR count). The average Bonchev–Trinajstić information content (AvgIpc) is 3.20. The third kappa shape index (κ3) is 2.93. The van der Waals surface area contributed by atoms with Crippen molar-refractivity contribution >= 4 is 22.7 Å². The van der Waals surface area contributed by atoms with E-state index < -0.39 is 0 Å². The van der Waals surface area contributed by atoms with Gasteiger partial charge in [-0.1, -0.05) is 18.6 Å². The van der Waals surface area contributed by atoms with Crippen LogP contribution in [0.3, 0.4) is 0 Å². The van der Waals surface area contributed by atoms with Gasteiger partial charge in [0, 0.05) is 25.1 Å². The Balaban J connectivity index is 1.80. The highest BCUT2D eigenvalue weighted by molar-refractivity contribution is 6.26. The normalized spacial score (nSPS) is 20.1. The van der Waals surface area contributed by atoms with Gasteiger partial charge >= 0.3 is 0 Å². The number of methoxy groups -OCH3 is 1. The summed E-state index contributed by atoms with van der Waals surface area (Å²) in [5.74, 6) is -0.436. The Hall–Kier alpha value is -2.31. The number of likely N-dealkylation sites (tertiary alicyclic amines) is 1. The first-order valence-electron chi connectivity index (χ1n) is 9.57. The third-order valence-corrected chi connectivity index (χ3v) is 5.71. The number of likely N-dealkylation sites (N-methyl/N-ethyl adjacent to an activating group) is 1. The number of carbonyl (C=O) groups is 2. The molecule has 0 spiro atoms. The van der Waals surface area contributed by atoms with Crippen molar-refractivity contribution in [1.29, 1.82) is 0 Å². The summed E-state index contributed by atoms with van der Waals surface area (Å²) in [5, 5.41) is 0.754. The maximum Gasteiger partial charge on any atom is 0.263 e. The van der Waals surface area contributed by atoms with E-state index in [1.807, 2.05) is 25.1 Å². The smallest absolute Gasteiger partial charge is 0.263 e. The Morgan fingerprint density at radius 2 is 2.00 bits per heavy atom. The Morgan fingerprint density at radius 1 is 1.22 bits per heavy atom. The molecule has 0 saturated carbocycles. The summed E-state index contributed by atoms with van der Waals surface area (Å²) in [5.41, 5.74) is 3.22. The van der Waals surface area contributed by atoms with Crippen molar-refractivity contribution in [2.75, 3.05) is 26.7 Å². The van der Waals surface area contributed by atoms with Gasteiger partial charge in [0.05, 0.1) is 28.9 Å². The molecule has 0 bridgehead atoms. The van der Waals surface area contributed by atoms with Gasteiger partial charge in [0.25, 0.3) is 11.8 Å². The van der Waals surface area contributed by atoms with Gasteiger partial charge in [-0.25, -0.2) is 4.98 Å². The summed E-state index contributed by atoms with van der Waals surface area (Å²) in [6.07, 6.45) is 2.13. The fourth-order valence-corrected chi connectivity index (χ4v) is 4.38. The van der Waals surface area contributed by atoms with Crippen molar-refractivity contribution in [1.82, 2.24) is 14.8 Å². The first-order valence-corrected chi connectivity index (χ1v) is 9.57. The van der Waals surface area contributed by atoms with E-state index in [9.17, 15) is 9.59 Å². The minimum atomic E-state index is -0.235. The summed E-state index contributed by atoms with van der Waals surface area (Å²) >= 11 is 0. The van der Waals surface area contributed by atoms with Crippen molar-refractivity contribution < 1.29 is 14.3 Å². The quantitative estimate of drug-likeness (QED) is 0.761. The number of benzene rings is 1. The van der Waals surface area contributed by atoms with Crippen molar-refractivity contribution in [3.63, 3.8) is 0 Å². The van der Waals surface area contributed by atoms with Gasteiger partial charge in [0.15, 0.2) is 0 Å². The molecule has 2 aromatic rings. The Labute approximate surface area is 159 Å². The molecular weight excluding hydrogens is 342 g/mol. The van der Waals surface area contributed by atoms with Crippen LogP contribution in [0.25, 0.3) is 10.9 Å². The highest BCUT2D eigenvalue weighted by Gasteiger charge is 2.41. The van der Waals surface area contributed by atoms with Gasteiger partial charge in [0.1, 0.15) is 0 Å². The third-order valence-electron chi connectivity index (χ3n) is 5.71. The van der Waals surface area contributed by atoms with Gasteiger partial charge in [-0.3, -0.25) is 19.4 Å². The number of aromatic nitrogens is 1. The topological polar surface area (TPSA) is 62.7 Å². The molecule has 6 heteroatoms. The molecule has 0 N–H and O–H groups in total. The van der Waals surface area contributed by atoms with E-state index >= 15 is 0 Å². The Morgan fingerprint density at radius 3 is 2.74 bits per heavy atom. The zero-order valence-corrected chi connectivity index (χ0v) is 16.1. The number of aryl methyl sites for hydroxylation is 1. The second-order valence-electron chi connectivity index (χ2n) is 7.41. The first kappa shape index (κ1) is 18.1. The Kier molecular flexibility index (Phi) is 4.70. The number of fused-ring (bicyclic) bond motifs is 3. The van der Waals surface area contributed by atoms with Crippen LogP contribution in [0.4, 0.5) is 0 Å². The number of amides is 2. The molecule has 1 fully saturated rings. The highest BCUT2D eigenvalue weighted by atomic mass is 16.5. The number of ether oxygens (including phenoxy) is 1. The molecule has 0 aliphatic carbocycles. The van der Waals surface area contributed by atoms with Crippen molar-refractivity contribution in [2.45, 2.75) is 39.3 Å². The summed E-state index contributed by atoms with van der Waals surface area (Å²) in [7, 11) is 1.57. The standard InChI is InChI=1S/C21H25N3O3/c1-4-23-9-5-6-14(23)11-24-20(25)18-15-10-13(2)7-8-16(15)22-17(12-27-3)19(18)21(24)26/h7-8,10,14H,4-6,9,11-12H2,1-3H3. The van der Waals surface area contributed by atoms with Crippen LogP contribution in [0.5, 0.6) is 0 Å². The minimum absolute atomic E-state index is 0.201. The largest absolute Gasteiger partial charge is 0.378 e. The predicted molar refractivity (Wildman–Crippen MR) is 103 cm³/mol. The van der Waals surface area contributed by atoms with Crippen molar-refractivity contribution in [3.8, 4) is 0 Å². The number of nitrogens with zero attached hydrogens (tertiary/aromatic N) is 3. The van der Waals surface area contributed by atoms with Crippen LogP contribution in [0.1, 0.15) is 51.7 Å². The molecule has 2 amide bonds. The van der Waals surface area contributed by atoms with Gasteiger partial charge in [-0.05, 0) is 45.0 Å². The second-order valence-corrected chi connectivity index (χ2v) is 7.41. The van der Waals surface area contributed by atoms with Crippen molar-refractivity contribution in [3.05, 3.63) is 40.6 Å². The van der Waals surface area contributed by atoms with Gasteiger partial charge < -0.3 is 4.74 Å². The van der Waals surface area contributed by atoms with Gasteiger partial charge in [-0.2, -0.15) is 0 Å². The number of carbonyl (C=O) groups excluding carboxylic acids is 2. The van der Waals surface area contributed by atoms with Crippen LogP contribution < -0.4 is 0 Å². The van der Waals surface area contributed by atoms with Gasteiger partial charge in [0.2, 0.25) is 0 Å². The molecular formula is C21H25N3O3. The Bertz CT molecular complexity index is 925.